The van der Waals surface area contributed by atoms with Crippen molar-refractivity contribution in [3.63, 3.8) is 0 Å². The quantitative estimate of drug-likeness (QED) is 0.213. The highest BCUT2D eigenvalue weighted by molar-refractivity contribution is 14.0. The number of ether oxygens (including phenoxy) is 1. The van der Waals surface area contributed by atoms with Crippen LogP contribution < -0.4 is 15.4 Å². The molecule has 5 heteroatoms. The smallest absolute Gasteiger partial charge is 0.191 e. The number of unbranched alkanes of at least 4 members (excludes halogenated alkanes) is 1. The van der Waals surface area contributed by atoms with Gasteiger partial charge in [-0.2, -0.15) is 0 Å². The Balaban J connectivity index is 0.00000441. The van der Waals surface area contributed by atoms with E-state index in [2.05, 4.69) is 48.2 Å². The summed E-state index contributed by atoms with van der Waals surface area (Å²) in [6.07, 6.45) is 3.83. The Bertz CT molecular complexity index is 432. The molecule has 124 valence electrons. The van der Waals surface area contributed by atoms with Gasteiger partial charge >= 0.3 is 0 Å². The van der Waals surface area contributed by atoms with Crippen LogP contribution in [-0.4, -0.2) is 32.2 Å². The fourth-order valence-corrected chi connectivity index (χ4v) is 1.74. The van der Waals surface area contributed by atoms with Gasteiger partial charge in [-0.1, -0.05) is 23.8 Å². The third-order valence-electron chi connectivity index (χ3n) is 2.87. The van der Waals surface area contributed by atoms with Gasteiger partial charge in [-0.25, -0.2) is 0 Å². The molecule has 0 fully saturated rings. The monoisotopic (exact) mass is 417 g/mol. The third kappa shape index (κ3) is 9.65. The van der Waals surface area contributed by atoms with Crippen molar-refractivity contribution in [2.45, 2.75) is 26.7 Å². The fourth-order valence-electron chi connectivity index (χ4n) is 1.74. The van der Waals surface area contributed by atoms with Crippen LogP contribution in [0.5, 0.6) is 5.75 Å². The summed E-state index contributed by atoms with van der Waals surface area (Å²) in [5.74, 6) is 1.78. The predicted molar refractivity (Wildman–Crippen MR) is 106 cm³/mol. The molecule has 0 saturated carbocycles. The average molecular weight is 417 g/mol. The maximum Gasteiger partial charge on any atom is 0.191 e. The molecule has 0 spiro atoms. The molecule has 0 saturated heterocycles. The Kier molecular flexibility index (Phi) is 12.7. The number of rotatable bonds is 9. The number of nitrogens with zero attached hydrogens (tertiary/aromatic N) is 1. The lowest BCUT2D eigenvalue weighted by atomic mass is 10.2. The highest BCUT2D eigenvalue weighted by Gasteiger charge is 1.96. The number of hydrogen-bond acceptors (Lipinski definition) is 2. The zero-order chi connectivity index (χ0) is 15.3. The first-order chi connectivity index (χ1) is 10.3. The minimum Gasteiger partial charge on any atom is -0.494 e. The van der Waals surface area contributed by atoms with E-state index in [1.54, 1.807) is 0 Å². The highest BCUT2D eigenvalue weighted by atomic mass is 127. The highest BCUT2D eigenvalue weighted by Crippen LogP contribution is 2.11. The van der Waals surface area contributed by atoms with E-state index >= 15 is 0 Å². The van der Waals surface area contributed by atoms with Gasteiger partial charge in [-0.3, -0.25) is 4.99 Å². The molecule has 2 N–H and O–H groups in total. The molecule has 0 aromatic heterocycles. The van der Waals surface area contributed by atoms with E-state index in [1.807, 2.05) is 18.2 Å². The van der Waals surface area contributed by atoms with Crippen LogP contribution in [0.4, 0.5) is 0 Å². The zero-order valence-corrected chi connectivity index (χ0v) is 15.9. The molecule has 0 amide bonds. The van der Waals surface area contributed by atoms with Crippen LogP contribution in [0.2, 0.25) is 0 Å². The van der Waals surface area contributed by atoms with Crippen LogP contribution in [0.3, 0.4) is 0 Å². The summed E-state index contributed by atoms with van der Waals surface area (Å²) >= 11 is 0. The summed E-state index contributed by atoms with van der Waals surface area (Å²) < 4.78 is 5.69. The summed E-state index contributed by atoms with van der Waals surface area (Å²) in [6, 6.07) is 8.15. The Morgan fingerprint density at radius 1 is 1.23 bits per heavy atom. The Labute approximate surface area is 151 Å². The first-order valence-corrected chi connectivity index (χ1v) is 7.58. The molecular formula is C17H28IN3O. The summed E-state index contributed by atoms with van der Waals surface area (Å²) in [6.45, 7) is 10.9. The van der Waals surface area contributed by atoms with Gasteiger partial charge in [0.05, 0.1) is 6.61 Å². The van der Waals surface area contributed by atoms with Crippen molar-refractivity contribution in [1.29, 1.82) is 0 Å². The summed E-state index contributed by atoms with van der Waals surface area (Å²) in [7, 11) is 0. The predicted octanol–water partition coefficient (Wildman–Crippen LogP) is 3.51. The maximum absolute atomic E-state index is 5.69. The fraction of sp³-hybridized carbons (Fsp3) is 0.471. The Morgan fingerprint density at radius 2 is 1.95 bits per heavy atom. The molecule has 0 heterocycles. The van der Waals surface area contributed by atoms with E-state index in [9.17, 15) is 0 Å². The van der Waals surface area contributed by atoms with Crippen LogP contribution in [0.1, 0.15) is 25.3 Å². The van der Waals surface area contributed by atoms with Gasteiger partial charge < -0.3 is 15.4 Å². The van der Waals surface area contributed by atoms with Crippen LogP contribution in [0.25, 0.3) is 0 Å². The van der Waals surface area contributed by atoms with E-state index in [0.717, 1.165) is 50.8 Å². The van der Waals surface area contributed by atoms with Crippen LogP contribution in [-0.2, 0) is 0 Å². The second-order valence-corrected chi connectivity index (χ2v) is 4.80. The van der Waals surface area contributed by atoms with Crippen molar-refractivity contribution in [2.24, 2.45) is 4.99 Å². The molecule has 1 aromatic carbocycles. The molecule has 1 aromatic rings. The van der Waals surface area contributed by atoms with E-state index in [-0.39, 0.29) is 24.0 Å². The van der Waals surface area contributed by atoms with Crippen molar-refractivity contribution in [3.8, 4) is 5.75 Å². The summed E-state index contributed by atoms with van der Waals surface area (Å²) in [4.78, 5) is 4.50. The van der Waals surface area contributed by atoms with Gasteiger partial charge in [0.25, 0.3) is 0 Å². The molecule has 0 aliphatic rings. The van der Waals surface area contributed by atoms with Crippen molar-refractivity contribution in [2.75, 3.05) is 26.2 Å². The SMILES string of the molecule is C=CCNC(=NCCCCOc1ccc(C)cc1)NCC.I. The second-order valence-electron chi connectivity index (χ2n) is 4.80. The summed E-state index contributed by atoms with van der Waals surface area (Å²) in [5, 5.41) is 6.38. The molecule has 4 nitrogen and oxygen atoms in total. The minimum atomic E-state index is 0. The number of halogens is 1. The third-order valence-corrected chi connectivity index (χ3v) is 2.87. The first kappa shape index (κ1) is 20.8. The molecule has 0 unspecified atom stereocenters. The van der Waals surface area contributed by atoms with Crippen LogP contribution in [0.15, 0.2) is 41.9 Å². The second kappa shape index (κ2) is 13.4. The van der Waals surface area contributed by atoms with Crippen molar-refractivity contribution in [1.82, 2.24) is 10.6 Å². The van der Waals surface area contributed by atoms with Crippen molar-refractivity contribution < 1.29 is 4.74 Å². The van der Waals surface area contributed by atoms with Crippen LogP contribution in [0, 0.1) is 6.92 Å². The maximum atomic E-state index is 5.69. The number of nitrogens with one attached hydrogen (secondary N) is 2. The topological polar surface area (TPSA) is 45.7 Å². The standard InChI is InChI=1S/C17H27N3O.HI/c1-4-12-19-17(18-5-2)20-13-6-7-14-21-16-10-8-15(3)9-11-16;/h4,8-11H,1,5-7,12-14H2,2-3H3,(H2,18,19,20);1H. The number of aliphatic imine (C=N–C) groups is 1. The number of aryl methyl sites for hydroxylation is 1. The van der Waals surface area contributed by atoms with Gasteiger partial charge in [0, 0.05) is 19.6 Å². The molecular weight excluding hydrogens is 389 g/mol. The molecule has 0 atom stereocenters. The van der Waals surface area contributed by atoms with E-state index in [4.69, 9.17) is 4.74 Å². The van der Waals surface area contributed by atoms with Gasteiger partial charge in [-0.15, -0.1) is 30.6 Å². The molecule has 1 rings (SSSR count). The molecule has 0 aliphatic carbocycles. The lowest BCUT2D eigenvalue weighted by Crippen LogP contribution is -2.37. The molecule has 0 radical (unpaired) electrons. The van der Waals surface area contributed by atoms with E-state index in [1.165, 1.54) is 5.56 Å². The minimum absolute atomic E-state index is 0. The molecule has 0 bridgehead atoms. The van der Waals surface area contributed by atoms with Gasteiger partial charge in [0.2, 0.25) is 0 Å². The molecule has 0 aliphatic heterocycles. The van der Waals surface area contributed by atoms with Gasteiger partial charge in [-0.05, 0) is 38.8 Å². The first-order valence-electron chi connectivity index (χ1n) is 7.58. The van der Waals surface area contributed by atoms with E-state index < -0.39 is 0 Å². The number of benzene rings is 1. The average Bonchev–Trinajstić information content (AvgIpc) is 2.50. The number of guanidine groups is 1. The van der Waals surface area contributed by atoms with Gasteiger partial charge in [0.15, 0.2) is 5.96 Å². The van der Waals surface area contributed by atoms with E-state index in [0.29, 0.717) is 0 Å². The zero-order valence-electron chi connectivity index (χ0n) is 13.6. The lowest BCUT2D eigenvalue weighted by molar-refractivity contribution is 0.308. The van der Waals surface area contributed by atoms with Gasteiger partial charge in [0.1, 0.15) is 5.75 Å². The molecule has 22 heavy (non-hydrogen) atoms. The normalized spacial score (nSPS) is 10.5. The Morgan fingerprint density at radius 3 is 2.59 bits per heavy atom. The Hall–Kier alpha value is -1.24. The largest absolute Gasteiger partial charge is 0.494 e. The lowest BCUT2D eigenvalue weighted by Gasteiger charge is -2.09. The van der Waals surface area contributed by atoms with Crippen molar-refractivity contribution in [3.05, 3.63) is 42.5 Å². The van der Waals surface area contributed by atoms with Crippen LogP contribution >= 0.6 is 24.0 Å². The van der Waals surface area contributed by atoms with Crippen molar-refractivity contribution >= 4 is 29.9 Å². The number of hydrogen-bond donors (Lipinski definition) is 2. The summed E-state index contributed by atoms with van der Waals surface area (Å²) in [5.41, 5.74) is 1.25.